The van der Waals surface area contributed by atoms with E-state index >= 15 is 0 Å². The van der Waals surface area contributed by atoms with Gasteiger partial charge in [-0.2, -0.15) is 0 Å². The maximum atomic E-state index is 11.7. The van der Waals surface area contributed by atoms with Gasteiger partial charge in [-0.3, -0.25) is 4.79 Å². The van der Waals surface area contributed by atoms with Crippen molar-refractivity contribution < 1.29 is 36.7 Å². The molecule has 11 nitrogen and oxygen atoms in total. The number of thioether (sulfide) groups is 1. The highest BCUT2D eigenvalue weighted by molar-refractivity contribution is 8.13. The van der Waals surface area contributed by atoms with Crippen molar-refractivity contribution in [2.75, 3.05) is 5.75 Å². The fourth-order valence-electron chi connectivity index (χ4n) is 1.65. The maximum Gasteiger partial charge on any atom is 0.519 e. The Hall–Kier alpha value is -2.73. The SMILES string of the molecule is Cc1oc(=O)oc1COC(=O)SC[C@H](N)C(=O)OCc1oc(=O)oc1C. The minimum Gasteiger partial charge on any atom is -0.456 e. The topological polar surface area (TPSA) is 165 Å². The summed E-state index contributed by atoms with van der Waals surface area (Å²) in [4.78, 5) is 45.1. The lowest BCUT2D eigenvalue weighted by atomic mass is 10.3. The van der Waals surface area contributed by atoms with Gasteiger partial charge in [-0.25, -0.2) is 14.4 Å². The van der Waals surface area contributed by atoms with Crippen LogP contribution in [0.4, 0.5) is 4.79 Å². The van der Waals surface area contributed by atoms with Crippen molar-refractivity contribution in [1.82, 2.24) is 0 Å². The second-order valence-electron chi connectivity index (χ2n) is 4.93. The zero-order chi connectivity index (χ0) is 19.3. The monoisotopic (exact) mass is 389 g/mol. The fourth-order valence-corrected chi connectivity index (χ4v) is 2.24. The van der Waals surface area contributed by atoms with E-state index in [0.717, 1.165) is 0 Å². The third kappa shape index (κ3) is 5.39. The summed E-state index contributed by atoms with van der Waals surface area (Å²) < 4.78 is 28.3. The summed E-state index contributed by atoms with van der Waals surface area (Å²) in [7, 11) is 0. The molecule has 2 rings (SSSR count). The first-order valence-electron chi connectivity index (χ1n) is 7.17. The van der Waals surface area contributed by atoms with E-state index in [1.54, 1.807) is 0 Å². The molecule has 0 spiro atoms. The Labute approximate surface area is 149 Å². The number of nitrogens with two attached hydrogens (primary N) is 1. The normalized spacial score (nSPS) is 12.0. The summed E-state index contributed by atoms with van der Waals surface area (Å²) in [6, 6.07) is -1.11. The van der Waals surface area contributed by atoms with Gasteiger partial charge in [0.15, 0.2) is 36.3 Å². The second kappa shape index (κ2) is 8.58. The van der Waals surface area contributed by atoms with Crippen LogP contribution in [-0.2, 0) is 27.5 Å². The Balaban J connectivity index is 1.72. The van der Waals surface area contributed by atoms with Gasteiger partial charge in [-0.15, -0.1) is 0 Å². The average molecular weight is 389 g/mol. The van der Waals surface area contributed by atoms with Crippen LogP contribution in [-0.4, -0.2) is 23.1 Å². The van der Waals surface area contributed by atoms with Crippen LogP contribution in [0.1, 0.15) is 23.0 Å². The Bertz CT molecular complexity index is 888. The molecule has 2 heterocycles. The fraction of sp³-hybridized carbons (Fsp3) is 0.429. The first-order chi connectivity index (χ1) is 12.3. The number of esters is 1. The molecular weight excluding hydrogens is 374 g/mol. The van der Waals surface area contributed by atoms with E-state index in [1.165, 1.54) is 13.8 Å². The quantitative estimate of drug-likeness (QED) is 0.664. The Morgan fingerprint density at radius 2 is 1.46 bits per heavy atom. The summed E-state index contributed by atoms with van der Waals surface area (Å²) in [5.41, 5.74) is 5.61. The summed E-state index contributed by atoms with van der Waals surface area (Å²) in [5.74, 6) is -2.16. The zero-order valence-corrected chi connectivity index (χ0v) is 14.6. The van der Waals surface area contributed by atoms with Crippen LogP contribution in [0, 0.1) is 13.8 Å². The lowest BCUT2D eigenvalue weighted by Crippen LogP contribution is -2.35. The summed E-state index contributed by atoms with van der Waals surface area (Å²) in [5, 5.41) is -0.729. The number of carbonyl (C=O) groups is 2. The zero-order valence-electron chi connectivity index (χ0n) is 13.8. The molecule has 0 aromatic carbocycles. The Morgan fingerprint density at radius 3 is 1.92 bits per heavy atom. The molecule has 0 bridgehead atoms. The van der Waals surface area contributed by atoms with Crippen molar-refractivity contribution in [2.45, 2.75) is 33.1 Å². The lowest BCUT2D eigenvalue weighted by molar-refractivity contribution is -0.146. The number of hydrogen-bond donors (Lipinski definition) is 1. The molecule has 142 valence electrons. The highest BCUT2D eigenvalue weighted by Gasteiger charge is 2.20. The summed E-state index contributed by atoms with van der Waals surface area (Å²) in [6.07, 6.45) is 0. The van der Waals surface area contributed by atoms with E-state index in [2.05, 4.69) is 17.7 Å². The van der Waals surface area contributed by atoms with Crippen molar-refractivity contribution in [1.29, 1.82) is 0 Å². The van der Waals surface area contributed by atoms with Crippen molar-refractivity contribution >= 4 is 23.0 Å². The molecule has 2 aromatic heterocycles. The van der Waals surface area contributed by atoms with Crippen LogP contribution in [0.3, 0.4) is 0 Å². The number of carbonyl (C=O) groups excluding carboxylic acids is 2. The van der Waals surface area contributed by atoms with Crippen molar-refractivity contribution in [2.24, 2.45) is 5.73 Å². The largest absolute Gasteiger partial charge is 0.519 e. The van der Waals surface area contributed by atoms with Crippen LogP contribution in [0.2, 0.25) is 0 Å². The minimum atomic E-state index is -1.11. The number of rotatable bonds is 7. The van der Waals surface area contributed by atoms with Gasteiger partial charge < -0.3 is 32.9 Å². The number of hydrogen-bond acceptors (Lipinski definition) is 12. The highest BCUT2D eigenvalue weighted by Crippen LogP contribution is 2.13. The summed E-state index contributed by atoms with van der Waals surface area (Å²) in [6.45, 7) is 2.35. The van der Waals surface area contributed by atoms with Crippen LogP contribution in [0.15, 0.2) is 27.3 Å². The van der Waals surface area contributed by atoms with Gasteiger partial charge in [0.2, 0.25) is 0 Å². The van der Waals surface area contributed by atoms with E-state index in [9.17, 15) is 19.2 Å². The second-order valence-corrected chi connectivity index (χ2v) is 5.89. The minimum absolute atomic E-state index is 0.0691. The lowest BCUT2D eigenvalue weighted by Gasteiger charge is -2.10. The molecule has 0 aliphatic carbocycles. The molecule has 0 aliphatic rings. The molecule has 0 saturated heterocycles. The summed E-state index contributed by atoms with van der Waals surface area (Å²) >= 11 is 0.644. The van der Waals surface area contributed by atoms with Gasteiger partial charge in [0.05, 0.1) is 0 Å². The van der Waals surface area contributed by atoms with E-state index < -0.39 is 29.0 Å². The highest BCUT2D eigenvalue weighted by atomic mass is 32.2. The van der Waals surface area contributed by atoms with Crippen LogP contribution in [0.25, 0.3) is 0 Å². The van der Waals surface area contributed by atoms with Gasteiger partial charge in [0.25, 0.3) is 0 Å². The Morgan fingerprint density at radius 1 is 0.962 bits per heavy atom. The van der Waals surface area contributed by atoms with Gasteiger partial charge in [0.1, 0.15) is 6.04 Å². The maximum absolute atomic E-state index is 11.7. The molecule has 0 amide bonds. The van der Waals surface area contributed by atoms with Gasteiger partial charge in [0, 0.05) is 5.75 Å². The third-order valence-electron chi connectivity index (χ3n) is 3.02. The van der Waals surface area contributed by atoms with Crippen LogP contribution in [0.5, 0.6) is 0 Å². The molecule has 0 saturated carbocycles. The molecule has 2 aromatic rings. The molecular formula is C14H15NO10S. The molecule has 2 N–H and O–H groups in total. The smallest absolute Gasteiger partial charge is 0.456 e. The van der Waals surface area contributed by atoms with Gasteiger partial charge in [-0.1, -0.05) is 0 Å². The molecule has 12 heteroatoms. The first-order valence-corrected chi connectivity index (χ1v) is 8.15. The molecule has 1 atom stereocenters. The predicted octanol–water partition coefficient (Wildman–Crippen LogP) is 0.836. The van der Waals surface area contributed by atoms with Gasteiger partial charge >= 0.3 is 22.9 Å². The molecule has 0 unspecified atom stereocenters. The first kappa shape index (κ1) is 19.6. The molecule has 0 fully saturated rings. The van der Waals surface area contributed by atoms with Crippen molar-refractivity contribution in [3.8, 4) is 0 Å². The van der Waals surface area contributed by atoms with Gasteiger partial charge in [-0.05, 0) is 25.6 Å². The Kier molecular flexibility index (Phi) is 6.46. The number of ether oxygens (including phenoxy) is 2. The molecule has 0 aliphatic heterocycles. The van der Waals surface area contributed by atoms with E-state index in [0.29, 0.717) is 11.8 Å². The average Bonchev–Trinajstić information content (AvgIpc) is 3.08. The third-order valence-corrected chi connectivity index (χ3v) is 3.90. The van der Waals surface area contributed by atoms with Crippen molar-refractivity contribution in [3.05, 3.63) is 44.3 Å². The predicted molar refractivity (Wildman–Crippen MR) is 84.4 cm³/mol. The standard InChI is InChI=1S/C14H15NO10S/c1-6-9(24-12(17)22-6)3-20-11(16)8(15)5-26-14(19)21-4-10-7(2)23-13(18)25-10/h8H,3-5,15H2,1-2H3/t8-/m0/s1. The van der Waals surface area contributed by atoms with E-state index in [-0.39, 0.29) is 42.0 Å². The molecule has 0 radical (unpaired) electrons. The molecule has 26 heavy (non-hydrogen) atoms. The number of aryl methyl sites for hydroxylation is 2. The van der Waals surface area contributed by atoms with Crippen LogP contribution < -0.4 is 17.4 Å². The van der Waals surface area contributed by atoms with Crippen LogP contribution >= 0.6 is 11.8 Å². The van der Waals surface area contributed by atoms with Crippen molar-refractivity contribution in [3.63, 3.8) is 0 Å². The van der Waals surface area contributed by atoms with E-state index in [1.807, 2.05) is 0 Å². The van der Waals surface area contributed by atoms with E-state index in [4.69, 9.17) is 15.2 Å².